The van der Waals surface area contributed by atoms with Crippen molar-refractivity contribution in [3.8, 4) is 11.5 Å². The summed E-state index contributed by atoms with van der Waals surface area (Å²) in [5, 5.41) is 0.726. The average Bonchev–Trinajstić information content (AvgIpc) is 3.27. The van der Waals surface area contributed by atoms with Crippen molar-refractivity contribution in [2.75, 3.05) is 26.9 Å². The van der Waals surface area contributed by atoms with Gasteiger partial charge in [-0.05, 0) is 56.4 Å². The Morgan fingerprint density at radius 3 is 2.20 bits per heavy atom. The molecule has 1 fully saturated rings. The number of quaternary nitrogens is 1. The first kappa shape index (κ1) is 31.6. The molecule has 0 saturated carbocycles. The summed E-state index contributed by atoms with van der Waals surface area (Å²) in [6, 6.07) is 14.3. The van der Waals surface area contributed by atoms with Gasteiger partial charge in [0.1, 0.15) is 11.5 Å². The Kier molecular flexibility index (Phi) is 12.6. The lowest BCUT2D eigenvalue weighted by molar-refractivity contribution is -0.915. The second kappa shape index (κ2) is 16.4. The van der Waals surface area contributed by atoms with Crippen molar-refractivity contribution in [1.29, 1.82) is 0 Å². The molecule has 4 rings (SSSR count). The van der Waals surface area contributed by atoms with Gasteiger partial charge in [-0.15, -0.1) is 0 Å². The number of benzene rings is 2. The number of hydrogen-bond acceptors (Lipinski definition) is 3. The van der Waals surface area contributed by atoms with Gasteiger partial charge in [-0.25, -0.2) is 0 Å². The van der Waals surface area contributed by atoms with Gasteiger partial charge in [0.15, 0.2) is 0 Å². The van der Waals surface area contributed by atoms with Crippen molar-refractivity contribution in [2.45, 2.75) is 109 Å². The van der Waals surface area contributed by atoms with Crippen LogP contribution in [-0.2, 0) is 9.53 Å². The van der Waals surface area contributed by atoms with Crippen molar-refractivity contribution >= 4 is 17.6 Å². The molecule has 2 aliphatic rings. The molecule has 0 N–H and O–H groups in total. The van der Waals surface area contributed by atoms with Gasteiger partial charge in [0.25, 0.3) is 0 Å². The Bertz CT molecular complexity index is 1130. The van der Waals surface area contributed by atoms with Crippen LogP contribution in [0, 0.1) is 0 Å². The van der Waals surface area contributed by atoms with Crippen LogP contribution >= 0.6 is 11.6 Å². The molecule has 41 heavy (non-hydrogen) atoms. The highest BCUT2D eigenvalue weighted by atomic mass is 35.5. The molecule has 2 aliphatic heterocycles. The Morgan fingerprint density at radius 1 is 0.854 bits per heavy atom. The highest BCUT2D eigenvalue weighted by Crippen LogP contribution is 2.51. The van der Waals surface area contributed by atoms with Crippen LogP contribution in [0.5, 0.6) is 11.5 Å². The number of nitrogens with zero attached hydrogens (tertiary/aromatic N) is 1. The highest BCUT2D eigenvalue weighted by Gasteiger charge is 2.48. The molecule has 0 aliphatic carbocycles. The Morgan fingerprint density at radius 2 is 1.46 bits per heavy atom. The summed E-state index contributed by atoms with van der Waals surface area (Å²) in [5.74, 6) is 2.28. The minimum absolute atomic E-state index is 0.0683. The minimum Gasteiger partial charge on any atom is -0.457 e. The summed E-state index contributed by atoms with van der Waals surface area (Å²) in [6.07, 6.45) is 21.6. The molecule has 1 saturated heterocycles. The van der Waals surface area contributed by atoms with Crippen molar-refractivity contribution in [3.05, 3.63) is 70.8 Å². The highest BCUT2D eigenvalue weighted by molar-refractivity contribution is 6.30. The molecule has 3 atom stereocenters. The Balaban J connectivity index is 1.13. The maximum absolute atomic E-state index is 12.6. The van der Waals surface area contributed by atoms with E-state index >= 15 is 0 Å². The molecule has 0 radical (unpaired) electrons. The lowest BCUT2D eigenvalue weighted by Crippen LogP contribution is -2.44. The van der Waals surface area contributed by atoms with Crippen LogP contribution in [0.2, 0.25) is 5.02 Å². The third-order valence-electron chi connectivity index (χ3n) is 8.85. The standard InChI is InChI=1S/C36H51ClNO3/c1-3-4-5-6-7-8-9-10-11-12-13-14-15-16-17-22-36(39)40-28-38(2)26-32-30-20-18-19-21-34(30)41-35-24-23-29(37)25-31(35)33(32)27-38/h10-11,18-21,23-25,32-33H,3-9,12-17,22,26-28H2,1-2H3/q+1. The van der Waals surface area contributed by atoms with E-state index in [1.165, 1.54) is 76.2 Å². The summed E-state index contributed by atoms with van der Waals surface area (Å²) in [7, 11) is 2.21. The van der Waals surface area contributed by atoms with Gasteiger partial charge < -0.3 is 9.47 Å². The monoisotopic (exact) mass is 580 g/mol. The maximum Gasteiger partial charge on any atom is 0.310 e. The molecular weight excluding hydrogens is 530 g/mol. The fourth-order valence-corrected chi connectivity index (χ4v) is 6.74. The number of carbonyl (C=O) groups excluding carboxylic acids is 1. The number of unbranched alkanes of at least 4 members (excludes halogenated alkanes) is 11. The molecule has 2 aromatic carbocycles. The first-order valence-electron chi connectivity index (χ1n) is 16.2. The summed E-state index contributed by atoms with van der Waals surface area (Å²) < 4.78 is 12.9. The van der Waals surface area contributed by atoms with Crippen LogP contribution in [0.4, 0.5) is 0 Å². The smallest absolute Gasteiger partial charge is 0.310 e. The predicted molar refractivity (Wildman–Crippen MR) is 170 cm³/mol. The second-order valence-corrected chi connectivity index (χ2v) is 12.9. The number of halogens is 1. The first-order chi connectivity index (χ1) is 20.0. The zero-order chi connectivity index (χ0) is 28.9. The van der Waals surface area contributed by atoms with Gasteiger partial charge >= 0.3 is 5.97 Å². The zero-order valence-corrected chi connectivity index (χ0v) is 26.2. The number of likely N-dealkylation sites (N-methyl/N-ethyl adjacent to an activating group) is 1. The predicted octanol–water partition coefficient (Wildman–Crippen LogP) is 10.3. The van der Waals surface area contributed by atoms with E-state index in [9.17, 15) is 4.79 Å². The number of carbonyl (C=O) groups is 1. The number of fused-ring (bicyclic) bond motifs is 5. The number of para-hydroxylation sites is 1. The van der Waals surface area contributed by atoms with Gasteiger partial charge in [-0.1, -0.05) is 100 Å². The number of likely N-dealkylation sites (tertiary alicyclic amines) is 1. The third kappa shape index (κ3) is 9.61. The summed E-state index contributed by atoms with van der Waals surface area (Å²) in [5.41, 5.74) is 2.38. The van der Waals surface area contributed by atoms with E-state index in [0.29, 0.717) is 23.6 Å². The topological polar surface area (TPSA) is 35.5 Å². The molecule has 5 heteroatoms. The fourth-order valence-electron chi connectivity index (χ4n) is 6.55. The Hall–Kier alpha value is -2.30. The number of ether oxygens (including phenoxy) is 2. The SMILES string of the molecule is CCCCCCCCC=CCCCCCCCC(=O)OC[N+]1(C)CC2c3ccccc3Oc3ccc(Cl)cc3C2C1. The van der Waals surface area contributed by atoms with Crippen LogP contribution in [0.25, 0.3) is 0 Å². The van der Waals surface area contributed by atoms with Crippen molar-refractivity contribution in [1.82, 2.24) is 0 Å². The molecular formula is C36H51ClNO3+. The lowest BCUT2D eigenvalue weighted by atomic mass is 9.84. The quantitative estimate of drug-likeness (QED) is 0.0807. The van der Waals surface area contributed by atoms with Crippen LogP contribution in [0.3, 0.4) is 0 Å². The number of allylic oxidation sites excluding steroid dienone is 2. The van der Waals surface area contributed by atoms with E-state index < -0.39 is 0 Å². The maximum atomic E-state index is 12.6. The largest absolute Gasteiger partial charge is 0.457 e. The van der Waals surface area contributed by atoms with Crippen LogP contribution in [0.1, 0.15) is 120 Å². The van der Waals surface area contributed by atoms with E-state index in [4.69, 9.17) is 21.1 Å². The summed E-state index contributed by atoms with van der Waals surface area (Å²) in [4.78, 5) is 12.6. The number of rotatable bonds is 17. The molecule has 4 nitrogen and oxygen atoms in total. The van der Waals surface area contributed by atoms with Crippen LogP contribution < -0.4 is 4.74 Å². The van der Waals surface area contributed by atoms with E-state index in [2.05, 4.69) is 44.3 Å². The zero-order valence-electron chi connectivity index (χ0n) is 25.4. The molecule has 0 aromatic heterocycles. The van der Waals surface area contributed by atoms with Crippen LogP contribution in [0.15, 0.2) is 54.6 Å². The molecule has 2 heterocycles. The first-order valence-corrected chi connectivity index (χ1v) is 16.6. The van der Waals surface area contributed by atoms with Gasteiger partial charge in [0.05, 0.1) is 20.1 Å². The van der Waals surface area contributed by atoms with Gasteiger partial charge in [-0.3, -0.25) is 9.28 Å². The van der Waals surface area contributed by atoms with Crippen LogP contribution in [-0.4, -0.2) is 37.3 Å². The van der Waals surface area contributed by atoms with Crippen molar-refractivity contribution in [3.63, 3.8) is 0 Å². The van der Waals surface area contributed by atoms with Gasteiger partial charge in [0, 0.05) is 34.4 Å². The van der Waals surface area contributed by atoms with Crippen molar-refractivity contribution in [2.24, 2.45) is 0 Å². The summed E-state index contributed by atoms with van der Waals surface area (Å²) in [6.45, 7) is 4.47. The molecule has 0 bridgehead atoms. The Labute approximate surface area is 253 Å². The fraction of sp³-hybridized carbons (Fsp3) is 0.583. The normalized spacial score (nSPS) is 21.1. The van der Waals surface area contributed by atoms with Crippen molar-refractivity contribution < 1.29 is 18.8 Å². The van der Waals surface area contributed by atoms with Gasteiger partial charge in [0.2, 0.25) is 6.73 Å². The molecule has 3 unspecified atom stereocenters. The second-order valence-electron chi connectivity index (χ2n) is 12.5. The summed E-state index contributed by atoms with van der Waals surface area (Å²) >= 11 is 6.41. The van der Waals surface area contributed by atoms with E-state index in [1.807, 2.05) is 24.3 Å². The molecule has 0 spiro atoms. The average molecular weight is 581 g/mol. The van der Waals surface area contributed by atoms with Gasteiger partial charge in [-0.2, -0.15) is 0 Å². The van der Waals surface area contributed by atoms with E-state index in [0.717, 1.165) is 48.0 Å². The molecule has 0 amide bonds. The van der Waals surface area contributed by atoms with E-state index in [-0.39, 0.29) is 11.9 Å². The molecule has 224 valence electrons. The minimum atomic E-state index is -0.0683. The number of hydrogen-bond donors (Lipinski definition) is 0. The third-order valence-corrected chi connectivity index (χ3v) is 9.09. The lowest BCUT2D eigenvalue weighted by Gasteiger charge is -2.29. The molecule has 2 aromatic rings. The van der Waals surface area contributed by atoms with E-state index in [1.54, 1.807) is 0 Å². The number of esters is 1.